The van der Waals surface area contributed by atoms with E-state index in [1.807, 2.05) is 30.9 Å². The molecular weight excluding hydrogens is 476 g/mol. The Morgan fingerprint density at radius 1 is 1.17 bits per heavy atom. The van der Waals surface area contributed by atoms with Gasteiger partial charge in [-0.25, -0.2) is 9.37 Å². The van der Waals surface area contributed by atoms with Crippen molar-refractivity contribution in [1.82, 2.24) is 9.97 Å². The summed E-state index contributed by atoms with van der Waals surface area (Å²) < 4.78 is 58.8. The summed E-state index contributed by atoms with van der Waals surface area (Å²) in [6, 6.07) is 10.4. The number of ether oxygens (including phenoxy) is 1. The second-order valence-electron chi connectivity index (χ2n) is 8.43. The minimum absolute atomic E-state index is 0.0206. The van der Waals surface area contributed by atoms with Crippen LogP contribution in [0, 0.1) is 12.7 Å². The number of alkyl halides is 3. The summed E-state index contributed by atoms with van der Waals surface area (Å²) in [7, 11) is 0. The Morgan fingerprint density at radius 3 is 2.72 bits per heavy atom. The van der Waals surface area contributed by atoms with Gasteiger partial charge >= 0.3 is 6.18 Å². The quantitative estimate of drug-likeness (QED) is 0.292. The lowest BCUT2D eigenvalue weighted by Gasteiger charge is -2.33. The van der Waals surface area contributed by atoms with Crippen LogP contribution in [0.25, 0.3) is 0 Å². The van der Waals surface area contributed by atoms with E-state index < -0.39 is 17.6 Å². The van der Waals surface area contributed by atoms with Gasteiger partial charge < -0.3 is 15.0 Å². The third-order valence-corrected chi connectivity index (χ3v) is 5.83. The summed E-state index contributed by atoms with van der Waals surface area (Å²) in [4.78, 5) is 9.98. The van der Waals surface area contributed by atoms with E-state index in [1.165, 1.54) is 6.07 Å². The second kappa shape index (κ2) is 11.0. The summed E-state index contributed by atoms with van der Waals surface area (Å²) >= 11 is 0. The maximum Gasteiger partial charge on any atom is 0.416 e. The first-order valence-electron chi connectivity index (χ1n) is 11.5. The van der Waals surface area contributed by atoms with Crippen LogP contribution in [-0.4, -0.2) is 35.8 Å². The average Bonchev–Trinajstić information content (AvgIpc) is 2.86. The summed E-state index contributed by atoms with van der Waals surface area (Å²) in [5, 5.41) is 11.2. The lowest BCUT2D eigenvalue weighted by atomic mass is 10.1. The van der Waals surface area contributed by atoms with E-state index in [-0.39, 0.29) is 24.4 Å². The first-order chi connectivity index (χ1) is 17.2. The zero-order valence-corrected chi connectivity index (χ0v) is 19.9. The van der Waals surface area contributed by atoms with Crippen molar-refractivity contribution < 1.29 is 22.3 Å². The maximum absolute atomic E-state index is 14.4. The average molecular weight is 503 g/mol. The number of rotatable bonds is 7. The monoisotopic (exact) mass is 502 g/mol. The van der Waals surface area contributed by atoms with Crippen LogP contribution < -0.4 is 10.2 Å². The Balaban J connectivity index is 1.41. The highest BCUT2D eigenvalue weighted by Crippen LogP contribution is 2.31. The van der Waals surface area contributed by atoms with Crippen LogP contribution in [0.1, 0.15) is 30.0 Å². The molecule has 1 aromatic heterocycles. The highest BCUT2D eigenvalue weighted by Gasteiger charge is 2.30. The largest absolute Gasteiger partial charge is 0.416 e. The van der Waals surface area contributed by atoms with Crippen molar-refractivity contribution in [3.8, 4) is 0 Å². The van der Waals surface area contributed by atoms with E-state index >= 15 is 0 Å². The fourth-order valence-corrected chi connectivity index (χ4v) is 3.84. The Bertz CT molecular complexity index is 1230. The zero-order chi connectivity index (χ0) is 25.7. The van der Waals surface area contributed by atoms with Crippen LogP contribution in [0.4, 0.5) is 40.7 Å². The molecule has 3 aromatic rings. The fourth-order valence-electron chi connectivity index (χ4n) is 3.84. The SMILES string of the molecule is CCC1CN(c2nc(N=NCc3ccc(Nc4cccc(C(F)(F)F)c4)cc3C)ncc2F)CCO1. The zero-order valence-electron chi connectivity index (χ0n) is 19.9. The van der Waals surface area contributed by atoms with Crippen LogP contribution in [0.3, 0.4) is 0 Å². The predicted molar refractivity (Wildman–Crippen MR) is 128 cm³/mol. The van der Waals surface area contributed by atoms with Gasteiger partial charge in [0.25, 0.3) is 5.95 Å². The van der Waals surface area contributed by atoms with E-state index in [1.54, 1.807) is 12.1 Å². The smallest absolute Gasteiger partial charge is 0.375 e. The van der Waals surface area contributed by atoms with Gasteiger partial charge in [-0.05, 0) is 54.8 Å². The van der Waals surface area contributed by atoms with Gasteiger partial charge in [-0.2, -0.15) is 23.3 Å². The first kappa shape index (κ1) is 25.5. The summed E-state index contributed by atoms with van der Waals surface area (Å²) in [5.41, 5.74) is 2.02. The molecular formula is C25H26F4N6O. The van der Waals surface area contributed by atoms with E-state index in [0.29, 0.717) is 31.1 Å². The van der Waals surface area contributed by atoms with Gasteiger partial charge in [0.2, 0.25) is 0 Å². The number of aromatic nitrogens is 2. The molecule has 2 aromatic carbocycles. The topological polar surface area (TPSA) is 75.0 Å². The second-order valence-corrected chi connectivity index (χ2v) is 8.43. The van der Waals surface area contributed by atoms with E-state index in [4.69, 9.17) is 4.74 Å². The molecule has 1 unspecified atom stereocenters. The molecule has 1 aliphatic rings. The van der Waals surface area contributed by atoms with Crippen molar-refractivity contribution in [2.24, 2.45) is 10.2 Å². The van der Waals surface area contributed by atoms with Gasteiger partial charge in [0.05, 0.1) is 31.0 Å². The molecule has 1 saturated heterocycles. The van der Waals surface area contributed by atoms with Crippen LogP contribution in [0.2, 0.25) is 0 Å². The molecule has 0 aliphatic carbocycles. The van der Waals surface area contributed by atoms with E-state index in [2.05, 4.69) is 25.5 Å². The van der Waals surface area contributed by atoms with Crippen molar-refractivity contribution >= 4 is 23.1 Å². The van der Waals surface area contributed by atoms with Gasteiger partial charge in [-0.1, -0.05) is 19.1 Å². The van der Waals surface area contributed by atoms with Crippen LogP contribution >= 0.6 is 0 Å². The lowest BCUT2D eigenvalue weighted by Crippen LogP contribution is -2.43. The number of nitrogens with one attached hydrogen (secondary N) is 1. The molecule has 2 heterocycles. The molecule has 11 heteroatoms. The third kappa shape index (κ3) is 6.34. The Labute approximate surface area is 206 Å². The van der Waals surface area contributed by atoms with Gasteiger partial charge in [-0.3, -0.25) is 0 Å². The van der Waals surface area contributed by atoms with Gasteiger partial charge in [0.1, 0.15) is 0 Å². The molecule has 0 spiro atoms. The number of hydrogen-bond acceptors (Lipinski definition) is 7. The molecule has 1 aliphatic heterocycles. The van der Waals surface area contributed by atoms with Crippen LogP contribution in [0.15, 0.2) is 58.9 Å². The minimum Gasteiger partial charge on any atom is -0.375 e. The molecule has 4 rings (SSSR count). The Hall–Kier alpha value is -3.60. The normalized spacial score (nSPS) is 16.5. The van der Waals surface area contributed by atoms with Crippen LogP contribution in [-0.2, 0) is 17.5 Å². The predicted octanol–water partition coefficient (Wildman–Crippen LogP) is 6.59. The molecule has 190 valence electrons. The first-order valence-corrected chi connectivity index (χ1v) is 11.5. The fraction of sp³-hybridized carbons (Fsp3) is 0.360. The van der Waals surface area contributed by atoms with Crippen molar-refractivity contribution in [1.29, 1.82) is 0 Å². The van der Waals surface area contributed by atoms with Crippen molar-refractivity contribution in [2.75, 3.05) is 29.9 Å². The molecule has 7 nitrogen and oxygen atoms in total. The lowest BCUT2D eigenvalue weighted by molar-refractivity contribution is -0.137. The number of morpholine rings is 1. The van der Waals surface area contributed by atoms with Crippen LogP contribution in [0.5, 0.6) is 0 Å². The number of hydrogen-bond donors (Lipinski definition) is 1. The molecule has 0 radical (unpaired) electrons. The Morgan fingerprint density at radius 2 is 1.97 bits per heavy atom. The summed E-state index contributed by atoms with van der Waals surface area (Å²) in [6.07, 6.45) is -2.47. The van der Waals surface area contributed by atoms with Gasteiger partial charge in [0, 0.05) is 24.5 Å². The number of aryl methyl sites for hydroxylation is 1. The van der Waals surface area contributed by atoms with Crippen molar-refractivity contribution in [3.63, 3.8) is 0 Å². The number of anilines is 3. The molecule has 1 N–H and O–H groups in total. The minimum atomic E-state index is -4.41. The highest BCUT2D eigenvalue weighted by atomic mass is 19.4. The number of benzene rings is 2. The molecule has 0 amide bonds. The van der Waals surface area contributed by atoms with Crippen molar-refractivity contribution in [2.45, 2.75) is 39.1 Å². The highest BCUT2D eigenvalue weighted by molar-refractivity contribution is 5.62. The van der Waals surface area contributed by atoms with Gasteiger partial charge in [-0.15, -0.1) is 5.11 Å². The number of halogens is 4. The summed E-state index contributed by atoms with van der Waals surface area (Å²) in [5.74, 6) is -0.279. The van der Waals surface area contributed by atoms with Gasteiger partial charge in [0.15, 0.2) is 11.6 Å². The van der Waals surface area contributed by atoms with E-state index in [0.717, 1.165) is 35.9 Å². The summed E-state index contributed by atoms with van der Waals surface area (Å²) in [6.45, 7) is 5.69. The molecule has 1 fully saturated rings. The third-order valence-electron chi connectivity index (χ3n) is 5.83. The standard InChI is InChI=1S/C25H26F4N6O/c1-3-21-15-35(9-10-36-21)23-22(26)14-30-24(33-23)34-31-13-17-7-8-20(11-16(17)2)32-19-6-4-5-18(12-19)25(27,28)29/h4-8,11-12,14,21,32H,3,9-10,13,15H2,1-2H3. The van der Waals surface area contributed by atoms with Crippen molar-refractivity contribution in [3.05, 3.63) is 71.2 Å². The number of azo groups is 1. The number of nitrogens with zero attached hydrogens (tertiary/aromatic N) is 5. The molecule has 36 heavy (non-hydrogen) atoms. The molecule has 1 atom stereocenters. The molecule has 0 bridgehead atoms. The Kier molecular flexibility index (Phi) is 7.78. The molecule has 0 saturated carbocycles. The maximum atomic E-state index is 14.4. The van der Waals surface area contributed by atoms with E-state index in [9.17, 15) is 17.6 Å².